The van der Waals surface area contributed by atoms with Gasteiger partial charge in [0.15, 0.2) is 0 Å². The second kappa shape index (κ2) is 6.62. The summed E-state index contributed by atoms with van der Waals surface area (Å²) in [6.07, 6.45) is 5.24. The van der Waals surface area contributed by atoms with Gasteiger partial charge in [-0.2, -0.15) is 11.8 Å². The Morgan fingerprint density at radius 1 is 1.39 bits per heavy atom. The van der Waals surface area contributed by atoms with Gasteiger partial charge in [-0.3, -0.25) is 0 Å². The lowest BCUT2D eigenvalue weighted by Gasteiger charge is -2.38. The van der Waals surface area contributed by atoms with Crippen molar-refractivity contribution in [1.82, 2.24) is 5.32 Å². The number of ether oxygens (including phenoxy) is 1. The molecule has 2 saturated heterocycles. The minimum absolute atomic E-state index is 0.263. The van der Waals surface area contributed by atoms with Crippen LogP contribution in [0.25, 0.3) is 0 Å². The van der Waals surface area contributed by atoms with Gasteiger partial charge in [0.2, 0.25) is 0 Å². The monoisotopic (exact) mass is 271 g/mol. The van der Waals surface area contributed by atoms with Crippen molar-refractivity contribution in [3.8, 4) is 0 Å². The van der Waals surface area contributed by atoms with Crippen LogP contribution >= 0.6 is 11.8 Å². The maximum absolute atomic E-state index is 6.10. The van der Waals surface area contributed by atoms with Crippen LogP contribution in [-0.2, 0) is 4.74 Å². The lowest BCUT2D eigenvalue weighted by Crippen LogP contribution is -2.40. The van der Waals surface area contributed by atoms with Gasteiger partial charge in [0.05, 0.1) is 5.60 Å². The summed E-state index contributed by atoms with van der Waals surface area (Å²) in [6, 6.07) is 0.611. The standard InChI is InChI=1S/C15H29NOS/c1-12(2)16-10-13(3)8-14-4-6-17-15(9-14)5-7-18-11-15/h12-14,16H,4-11H2,1-3H3. The molecule has 2 fully saturated rings. The van der Waals surface area contributed by atoms with Crippen LogP contribution in [0.15, 0.2) is 0 Å². The van der Waals surface area contributed by atoms with E-state index in [9.17, 15) is 0 Å². The Hall–Kier alpha value is 0.270. The molecule has 18 heavy (non-hydrogen) atoms. The average molecular weight is 271 g/mol. The Kier molecular flexibility index (Phi) is 5.40. The highest BCUT2D eigenvalue weighted by atomic mass is 32.2. The number of hydrogen-bond donors (Lipinski definition) is 1. The third-order valence-electron chi connectivity index (χ3n) is 4.27. The van der Waals surface area contributed by atoms with Gasteiger partial charge in [0.1, 0.15) is 0 Å². The normalized spacial score (nSPS) is 34.3. The van der Waals surface area contributed by atoms with Gasteiger partial charge in [-0.15, -0.1) is 0 Å². The van der Waals surface area contributed by atoms with E-state index >= 15 is 0 Å². The molecule has 3 atom stereocenters. The summed E-state index contributed by atoms with van der Waals surface area (Å²) in [5, 5.41) is 3.56. The number of rotatable bonds is 5. The Labute approximate surface area is 117 Å². The van der Waals surface area contributed by atoms with Crippen molar-refractivity contribution in [2.75, 3.05) is 24.7 Å². The largest absolute Gasteiger partial charge is 0.374 e. The molecule has 3 unspecified atom stereocenters. The van der Waals surface area contributed by atoms with Crippen LogP contribution in [0.4, 0.5) is 0 Å². The van der Waals surface area contributed by atoms with Gasteiger partial charge in [-0.05, 0) is 49.8 Å². The molecule has 1 N–H and O–H groups in total. The maximum atomic E-state index is 6.10. The molecule has 0 aromatic rings. The highest BCUT2D eigenvalue weighted by molar-refractivity contribution is 7.99. The maximum Gasteiger partial charge on any atom is 0.0783 e. The van der Waals surface area contributed by atoms with Crippen molar-refractivity contribution in [3.63, 3.8) is 0 Å². The van der Waals surface area contributed by atoms with E-state index in [0.29, 0.717) is 6.04 Å². The van der Waals surface area contributed by atoms with E-state index in [1.807, 2.05) is 0 Å². The van der Waals surface area contributed by atoms with Crippen LogP contribution in [0.2, 0.25) is 0 Å². The Morgan fingerprint density at radius 2 is 2.22 bits per heavy atom. The molecular formula is C15H29NOS. The number of nitrogens with one attached hydrogen (secondary N) is 1. The molecule has 3 heteroatoms. The van der Waals surface area contributed by atoms with Crippen molar-refractivity contribution >= 4 is 11.8 Å². The molecule has 2 heterocycles. The summed E-state index contributed by atoms with van der Waals surface area (Å²) < 4.78 is 6.10. The average Bonchev–Trinajstić information content (AvgIpc) is 2.75. The second-order valence-corrected chi connectivity index (χ2v) is 7.70. The van der Waals surface area contributed by atoms with E-state index in [1.54, 1.807) is 0 Å². The minimum atomic E-state index is 0.263. The van der Waals surface area contributed by atoms with Crippen LogP contribution in [0.5, 0.6) is 0 Å². The first kappa shape index (κ1) is 14.7. The lowest BCUT2D eigenvalue weighted by atomic mass is 9.81. The zero-order chi connectivity index (χ0) is 13.0. The van der Waals surface area contributed by atoms with Gasteiger partial charge in [-0.25, -0.2) is 0 Å². The molecule has 2 nitrogen and oxygen atoms in total. The van der Waals surface area contributed by atoms with E-state index in [1.165, 1.54) is 37.2 Å². The molecule has 0 aromatic heterocycles. The van der Waals surface area contributed by atoms with Crippen LogP contribution in [0.1, 0.15) is 46.5 Å². The summed E-state index contributed by atoms with van der Waals surface area (Å²) in [5.41, 5.74) is 0.263. The number of thioether (sulfide) groups is 1. The minimum Gasteiger partial charge on any atom is -0.374 e. The first-order valence-corrected chi connectivity index (χ1v) is 8.70. The van der Waals surface area contributed by atoms with Crippen LogP contribution in [0.3, 0.4) is 0 Å². The summed E-state index contributed by atoms with van der Waals surface area (Å²) in [6.45, 7) is 9.01. The van der Waals surface area contributed by atoms with Crippen LogP contribution in [-0.4, -0.2) is 36.3 Å². The van der Waals surface area contributed by atoms with E-state index in [4.69, 9.17) is 4.74 Å². The van der Waals surface area contributed by atoms with Crippen LogP contribution < -0.4 is 5.32 Å². The summed E-state index contributed by atoms with van der Waals surface area (Å²) in [4.78, 5) is 0. The SMILES string of the molecule is CC(CNC(C)C)CC1CCOC2(CCSC2)C1. The van der Waals surface area contributed by atoms with Crippen molar-refractivity contribution in [3.05, 3.63) is 0 Å². The zero-order valence-electron chi connectivity index (χ0n) is 12.2. The first-order valence-electron chi connectivity index (χ1n) is 7.55. The molecule has 0 amide bonds. The fourth-order valence-electron chi connectivity index (χ4n) is 3.28. The first-order chi connectivity index (χ1) is 8.60. The molecule has 0 bridgehead atoms. The van der Waals surface area contributed by atoms with E-state index < -0.39 is 0 Å². The molecule has 106 valence electrons. The second-order valence-electron chi connectivity index (χ2n) is 6.60. The molecule has 1 spiro atoms. The smallest absolute Gasteiger partial charge is 0.0783 e. The highest BCUT2D eigenvalue weighted by Crippen LogP contribution is 2.41. The van der Waals surface area contributed by atoms with Crippen molar-refractivity contribution in [2.24, 2.45) is 11.8 Å². The molecule has 2 aliphatic heterocycles. The molecule has 0 aromatic carbocycles. The topological polar surface area (TPSA) is 21.3 Å². The Balaban J connectivity index is 1.75. The third kappa shape index (κ3) is 4.14. The summed E-state index contributed by atoms with van der Waals surface area (Å²) in [7, 11) is 0. The van der Waals surface area contributed by atoms with Gasteiger partial charge in [0, 0.05) is 18.4 Å². The van der Waals surface area contributed by atoms with E-state index in [-0.39, 0.29) is 5.60 Å². The fraction of sp³-hybridized carbons (Fsp3) is 1.00. The van der Waals surface area contributed by atoms with Gasteiger partial charge in [-0.1, -0.05) is 20.8 Å². The predicted octanol–water partition coefficient (Wildman–Crippen LogP) is 3.31. The van der Waals surface area contributed by atoms with Gasteiger partial charge in [0.25, 0.3) is 0 Å². The lowest BCUT2D eigenvalue weighted by molar-refractivity contribution is -0.0823. The van der Waals surface area contributed by atoms with E-state index in [0.717, 1.165) is 25.0 Å². The zero-order valence-corrected chi connectivity index (χ0v) is 13.0. The Morgan fingerprint density at radius 3 is 2.89 bits per heavy atom. The summed E-state index contributed by atoms with van der Waals surface area (Å²) >= 11 is 2.08. The molecular weight excluding hydrogens is 242 g/mol. The van der Waals surface area contributed by atoms with Crippen LogP contribution in [0, 0.1) is 11.8 Å². The summed E-state index contributed by atoms with van der Waals surface area (Å²) in [5.74, 6) is 4.22. The Bertz CT molecular complexity index is 251. The van der Waals surface area contributed by atoms with E-state index in [2.05, 4.69) is 37.8 Å². The molecule has 0 saturated carbocycles. The molecule has 2 aliphatic rings. The molecule has 0 radical (unpaired) electrons. The van der Waals surface area contributed by atoms with Crippen molar-refractivity contribution in [1.29, 1.82) is 0 Å². The van der Waals surface area contributed by atoms with Gasteiger partial charge >= 0.3 is 0 Å². The van der Waals surface area contributed by atoms with Crippen molar-refractivity contribution in [2.45, 2.75) is 58.1 Å². The molecule has 2 rings (SSSR count). The quantitative estimate of drug-likeness (QED) is 0.829. The highest BCUT2D eigenvalue weighted by Gasteiger charge is 2.40. The number of hydrogen-bond acceptors (Lipinski definition) is 3. The third-order valence-corrected chi connectivity index (χ3v) is 5.50. The molecule has 0 aliphatic carbocycles. The fourth-order valence-corrected chi connectivity index (χ4v) is 4.66. The van der Waals surface area contributed by atoms with Crippen molar-refractivity contribution < 1.29 is 4.74 Å². The van der Waals surface area contributed by atoms with Gasteiger partial charge < -0.3 is 10.1 Å². The predicted molar refractivity (Wildman–Crippen MR) is 80.3 cm³/mol.